The van der Waals surface area contributed by atoms with E-state index >= 15 is 0 Å². The van der Waals surface area contributed by atoms with Crippen LogP contribution in [0.4, 0.5) is 4.79 Å². The van der Waals surface area contributed by atoms with Gasteiger partial charge in [0.05, 0.1) is 13.1 Å². The van der Waals surface area contributed by atoms with Gasteiger partial charge in [-0.05, 0) is 35.9 Å². The van der Waals surface area contributed by atoms with Gasteiger partial charge in [-0.1, -0.05) is 13.0 Å². The highest BCUT2D eigenvalue weighted by molar-refractivity contribution is 7.10. The molecule has 0 aliphatic heterocycles. The highest BCUT2D eigenvalue weighted by atomic mass is 32.1. The third-order valence-electron chi connectivity index (χ3n) is 3.91. The number of thiophene rings is 1. The quantitative estimate of drug-likeness (QED) is 0.766. The third kappa shape index (κ3) is 3.69. The van der Waals surface area contributed by atoms with Crippen molar-refractivity contribution in [2.75, 3.05) is 6.54 Å². The minimum absolute atomic E-state index is 0.190. The summed E-state index contributed by atoms with van der Waals surface area (Å²) in [6.07, 6.45) is 0.513. The van der Waals surface area contributed by atoms with Crippen LogP contribution in [-0.2, 0) is 6.54 Å². The van der Waals surface area contributed by atoms with Gasteiger partial charge in [0, 0.05) is 10.8 Å². The Morgan fingerprint density at radius 2 is 2.27 bits per heavy atom. The van der Waals surface area contributed by atoms with Crippen LogP contribution in [0.2, 0.25) is 0 Å². The second-order valence-corrected chi connectivity index (χ2v) is 6.70. The predicted octanol–water partition coefficient (Wildman–Crippen LogP) is 3.00. The summed E-state index contributed by atoms with van der Waals surface area (Å²) in [7, 11) is 0. The zero-order chi connectivity index (χ0) is 15.5. The van der Waals surface area contributed by atoms with Gasteiger partial charge >= 0.3 is 6.03 Å². The smallest absolute Gasteiger partial charge is 0.315 e. The van der Waals surface area contributed by atoms with Crippen LogP contribution >= 0.6 is 11.3 Å². The molecular formula is C16H20N2O3S. The molecule has 1 fully saturated rings. The molecule has 0 spiro atoms. The first-order chi connectivity index (χ1) is 10.6. The number of hydrogen-bond acceptors (Lipinski definition) is 4. The molecule has 22 heavy (non-hydrogen) atoms. The van der Waals surface area contributed by atoms with Crippen LogP contribution in [0, 0.1) is 5.92 Å². The summed E-state index contributed by atoms with van der Waals surface area (Å²) in [6.45, 7) is 2.74. The van der Waals surface area contributed by atoms with Gasteiger partial charge in [0.1, 0.15) is 17.6 Å². The number of carbonyl (C=O) groups is 1. The monoisotopic (exact) mass is 320 g/mol. The lowest BCUT2D eigenvalue weighted by molar-refractivity contribution is 0.176. The van der Waals surface area contributed by atoms with Crippen molar-refractivity contribution < 1.29 is 14.3 Å². The van der Waals surface area contributed by atoms with Crippen LogP contribution in [0.25, 0.3) is 0 Å². The Kier molecular flexibility index (Phi) is 4.49. The number of rotatable bonds is 6. The number of hydrogen-bond donors (Lipinski definition) is 3. The zero-order valence-electron chi connectivity index (χ0n) is 12.4. The molecule has 2 aromatic heterocycles. The molecule has 0 radical (unpaired) electrons. The molecule has 0 bridgehead atoms. The summed E-state index contributed by atoms with van der Waals surface area (Å²) in [5, 5.41) is 17.2. The molecule has 1 saturated carbocycles. The number of amides is 2. The van der Waals surface area contributed by atoms with Gasteiger partial charge in [0.2, 0.25) is 0 Å². The van der Waals surface area contributed by atoms with Gasteiger partial charge in [-0.15, -0.1) is 11.3 Å². The molecule has 2 aromatic rings. The molecule has 3 rings (SSSR count). The first kappa shape index (κ1) is 15.1. The molecule has 0 unspecified atom stereocenters. The first-order valence-corrected chi connectivity index (χ1v) is 8.33. The maximum Gasteiger partial charge on any atom is 0.315 e. The molecule has 6 heteroatoms. The number of aliphatic hydroxyl groups is 1. The van der Waals surface area contributed by atoms with E-state index in [1.807, 2.05) is 29.6 Å². The molecule has 0 saturated heterocycles. The van der Waals surface area contributed by atoms with Crippen molar-refractivity contribution >= 4 is 17.4 Å². The van der Waals surface area contributed by atoms with Crippen molar-refractivity contribution in [1.29, 1.82) is 0 Å². The summed E-state index contributed by atoms with van der Waals surface area (Å²) in [4.78, 5) is 12.6. The Hall–Kier alpha value is -1.79. The normalized spacial score (nSPS) is 21.4. The van der Waals surface area contributed by atoms with Crippen molar-refractivity contribution in [3.05, 3.63) is 46.0 Å². The topological polar surface area (TPSA) is 74.5 Å². The van der Waals surface area contributed by atoms with Gasteiger partial charge in [0.25, 0.3) is 0 Å². The molecule has 2 amide bonds. The fourth-order valence-electron chi connectivity index (χ4n) is 2.41. The van der Waals surface area contributed by atoms with Crippen LogP contribution < -0.4 is 10.6 Å². The second-order valence-electron chi connectivity index (χ2n) is 5.72. The largest absolute Gasteiger partial charge is 0.464 e. The van der Waals surface area contributed by atoms with Gasteiger partial charge in [-0.3, -0.25) is 0 Å². The van der Waals surface area contributed by atoms with Crippen molar-refractivity contribution in [3.63, 3.8) is 0 Å². The molecule has 3 N–H and O–H groups in total. The summed E-state index contributed by atoms with van der Waals surface area (Å²) >= 11 is 1.47. The maximum absolute atomic E-state index is 11.7. The highest BCUT2D eigenvalue weighted by Crippen LogP contribution is 2.47. The van der Waals surface area contributed by atoms with Crippen molar-refractivity contribution in [2.45, 2.75) is 31.9 Å². The Labute approximate surface area is 133 Å². The van der Waals surface area contributed by atoms with E-state index in [1.54, 1.807) is 0 Å². The first-order valence-electron chi connectivity index (χ1n) is 7.45. The van der Waals surface area contributed by atoms with Crippen LogP contribution in [-0.4, -0.2) is 17.7 Å². The Morgan fingerprint density at radius 1 is 1.45 bits per heavy atom. The average molecular weight is 320 g/mol. The average Bonchev–Trinajstić information content (AvgIpc) is 2.98. The standard InChI is InChI=1S/C16H20N2O3S/c1-10-7-12(10)14-5-4-11(21-14)8-17-16(20)18-9-13(19)15-3-2-6-22-15/h2-6,10,12-13,19H,7-9H2,1H3,(H2,17,18,20)/t10-,12-,13+/m1/s1. The fraction of sp³-hybridized carbons (Fsp3) is 0.438. The van der Waals surface area contributed by atoms with E-state index in [0.717, 1.165) is 16.4 Å². The van der Waals surface area contributed by atoms with Crippen molar-refractivity contribution in [2.24, 2.45) is 5.92 Å². The lowest BCUT2D eigenvalue weighted by Crippen LogP contribution is -2.37. The summed E-state index contributed by atoms with van der Waals surface area (Å²) in [5.41, 5.74) is 0. The van der Waals surface area contributed by atoms with Gasteiger partial charge in [-0.2, -0.15) is 0 Å². The summed E-state index contributed by atoms with van der Waals surface area (Å²) < 4.78 is 5.72. The van der Waals surface area contributed by atoms with Crippen molar-refractivity contribution in [1.82, 2.24) is 10.6 Å². The molecule has 2 heterocycles. The predicted molar refractivity (Wildman–Crippen MR) is 84.7 cm³/mol. The van der Waals surface area contributed by atoms with Crippen LogP contribution in [0.3, 0.4) is 0 Å². The van der Waals surface area contributed by atoms with Gasteiger partial charge in [-0.25, -0.2) is 4.79 Å². The van der Waals surface area contributed by atoms with E-state index in [-0.39, 0.29) is 12.6 Å². The molecule has 1 aliphatic carbocycles. The minimum Gasteiger partial charge on any atom is -0.464 e. The molecule has 118 valence electrons. The summed E-state index contributed by atoms with van der Waals surface area (Å²) in [6, 6.07) is 7.30. The third-order valence-corrected chi connectivity index (χ3v) is 4.88. The molecular weight excluding hydrogens is 300 g/mol. The number of nitrogens with one attached hydrogen (secondary N) is 2. The molecule has 3 atom stereocenters. The van der Waals surface area contributed by atoms with E-state index in [4.69, 9.17) is 4.42 Å². The number of carbonyl (C=O) groups excluding carboxylic acids is 1. The second kappa shape index (κ2) is 6.54. The van der Waals surface area contributed by atoms with E-state index in [9.17, 15) is 9.90 Å². The van der Waals surface area contributed by atoms with Gasteiger partial charge < -0.3 is 20.2 Å². The number of furan rings is 1. The zero-order valence-corrected chi connectivity index (χ0v) is 13.2. The minimum atomic E-state index is -0.669. The maximum atomic E-state index is 11.7. The Morgan fingerprint density at radius 3 is 2.95 bits per heavy atom. The van der Waals surface area contributed by atoms with E-state index in [0.29, 0.717) is 18.4 Å². The van der Waals surface area contributed by atoms with Crippen LogP contribution in [0.5, 0.6) is 0 Å². The lowest BCUT2D eigenvalue weighted by Gasteiger charge is -2.10. The Bertz CT molecular complexity index is 623. The molecule has 0 aromatic carbocycles. The highest BCUT2D eigenvalue weighted by Gasteiger charge is 2.36. The molecule has 1 aliphatic rings. The van der Waals surface area contributed by atoms with Crippen molar-refractivity contribution in [3.8, 4) is 0 Å². The lowest BCUT2D eigenvalue weighted by atomic mass is 10.3. The van der Waals surface area contributed by atoms with Crippen LogP contribution in [0.1, 0.15) is 41.8 Å². The fourth-order valence-corrected chi connectivity index (χ4v) is 3.12. The van der Waals surface area contributed by atoms with E-state index < -0.39 is 6.10 Å². The molecule has 5 nitrogen and oxygen atoms in total. The van der Waals surface area contributed by atoms with Crippen LogP contribution in [0.15, 0.2) is 34.1 Å². The number of aliphatic hydroxyl groups excluding tert-OH is 1. The summed E-state index contributed by atoms with van der Waals surface area (Å²) in [5.74, 6) is 3.01. The Balaban J connectivity index is 1.39. The SMILES string of the molecule is C[C@@H]1C[C@H]1c1ccc(CNC(=O)NC[C@H](O)c2cccs2)o1. The van der Waals surface area contributed by atoms with E-state index in [1.165, 1.54) is 17.8 Å². The van der Waals surface area contributed by atoms with E-state index in [2.05, 4.69) is 17.6 Å². The number of urea groups is 1. The van der Waals surface area contributed by atoms with Gasteiger partial charge in [0.15, 0.2) is 0 Å².